The van der Waals surface area contributed by atoms with Gasteiger partial charge in [-0.25, -0.2) is 0 Å². The molecule has 0 atom stereocenters. The molecule has 1 N–H and O–H groups in total. The molecule has 5 heteroatoms. The van der Waals surface area contributed by atoms with Gasteiger partial charge in [-0.2, -0.15) is 0 Å². The Labute approximate surface area is 171 Å². The van der Waals surface area contributed by atoms with Gasteiger partial charge < -0.3 is 14.6 Å². The van der Waals surface area contributed by atoms with Crippen LogP contribution in [0.4, 0.5) is 5.69 Å². The zero-order valence-electron chi connectivity index (χ0n) is 15.1. The number of anilines is 1. The first-order valence-corrected chi connectivity index (χ1v) is 9.78. The van der Waals surface area contributed by atoms with E-state index < -0.39 is 0 Å². The van der Waals surface area contributed by atoms with Gasteiger partial charge in [0.2, 0.25) is 5.91 Å². The second-order valence-corrected chi connectivity index (χ2v) is 7.38. The second-order valence-electron chi connectivity index (χ2n) is 6.46. The van der Waals surface area contributed by atoms with E-state index in [1.54, 1.807) is 0 Å². The van der Waals surface area contributed by atoms with Gasteiger partial charge in [0.1, 0.15) is 18.9 Å². The number of carbonyl (C=O) groups excluding carboxylic acids is 1. The van der Waals surface area contributed by atoms with Gasteiger partial charge in [0.15, 0.2) is 0 Å². The van der Waals surface area contributed by atoms with E-state index in [9.17, 15) is 4.79 Å². The summed E-state index contributed by atoms with van der Waals surface area (Å²) in [7, 11) is 0. The molecule has 1 heterocycles. The molecule has 140 valence electrons. The number of ether oxygens (including phenoxy) is 1. The number of benzene rings is 3. The van der Waals surface area contributed by atoms with Crippen LogP contribution in [0.5, 0.6) is 5.75 Å². The van der Waals surface area contributed by atoms with Crippen LogP contribution in [0.25, 0.3) is 10.9 Å². The second kappa shape index (κ2) is 8.31. The van der Waals surface area contributed by atoms with E-state index in [0.717, 1.165) is 32.4 Å². The minimum absolute atomic E-state index is 0.0737. The Balaban J connectivity index is 1.48. The number of hydrogen-bond acceptors (Lipinski definition) is 2. The summed E-state index contributed by atoms with van der Waals surface area (Å²) in [6, 6.07) is 25.5. The lowest BCUT2D eigenvalue weighted by Crippen LogP contribution is -2.18. The van der Waals surface area contributed by atoms with E-state index in [2.05, 4.69) is 21.2 Å². The fraction of sp³-hybridized carbons (Fsp3) is 0.0870. The van der Waals surface area contributed by atoms with Crippen molar-refractivity contribution in [3.63, 3.8) is 0 Å². The number of amides is 1. The van der Waals surface area contributed by atoms with Crippen LogP contribution < -0.4 is 10.1 Å². The monoisotopic (exact) mass is 434 g/mol. The molecule has 0 aliphatic heterocycles. The number of fused-ring (bicyclic) bond motifs is 1. The number of rotatable bonds is 6. The Hall–Kier alpha value is -3.05. The zero-order chi connectivity index (χ0) is 19.3. The molecule has 0 fully saturated rings. The van der Waals surface area contributed by atoms with E-state index in [0.29, 0.717) is 6.61 Å². The maximum Gasteiger partial charge on any atom is 0.244 e. The predicted molar refractivity (Wildman–Crippen MR) is 115 cm³/mol. The van der Waals surface area contributed by atoms with Crippen molar-refractivity contribution in [3.8, 4) is 5.75 Å². The Morgan fingerprint density at radius 2 is 1.71 bits per heavy atom. The Morgan fingerprint density at radius 1 is 0.929 bits per heavy atom. The maximum atomic E-state index is 12.4. The summed E-state index contributed by atoms with van der Waals surface area (Å²) in [4.78, 5) is 12.4. The fourth-order valence-corrected chi connectivity index (χ4v) is 3.35. The highest BCUT2D eigenvalue weighted by molar-refractivity contribution is 9.10. The van der Waals surface area contributed by atoms with Gasteiger partial charge in [0.05, 0.1) is 5.52 Å². The molecular weight excluding hydrogens is 416 g/mol. The lowest BCUT2D eigenvalue weighted by Gasteiger charge is -2.10. The highest BCUT2D eigenvalue weighted by Gasteiger charge is 2.10. The molecule has 1 amide bonds. The standard InChI is InChI=1S/C23H19BrN2O2/c24-18-9-11-19(12-10-18)25-23(27)15-26-14-13-20-21(26)7-4-8-22(20)28-16-17-5-2-1-3-6-17/h1-14H,15-16H2,(H,25,27). The topological polar surface area (TPSA) is 43.3 Å². The molecule has 0 saturated heterocycles. The van der Waals surface area contributed by atoms with E-state index in [4.69, 9.17) is 4.74 Å². The van der Waals surface area contributed by atoms with E-state index in [1.165, 1.54) is 0 Å². The number of hydrogen-bond donors (Lipinski definition) is 1. The number of nitrogens with zero attached hydrogens (tertiary/aromatic N) is 1. The zero-order valence-corrected chi connectivity index (χ0v) is 16.7. The third-order valence-electron chi connectivity index (χ3n) is 4.45. The molecule has 4 nitrogen and oxygen atoms in total. The number of carbonyl (C=O) groups is 1. The summed E-state index contributed by atoms with van der Waals surface area (Å²) in [5.41, 5.74) is 2.86. The molecule has 0 radical (unpaired) electrons. The summed E-state index contributed by atoms with van der Waals surface area (Å²) in [5, 5.41) is 3.92. The number of halogens is 1. The molecule has 0 unspecified atom stereocenters. The van der Waals surface area contributed by atoms with Crippen LogP contribution in [0, 0.1) is 0 Å². The van der Waals surface area contributed by atoms with Crippen LogP contribution in [0.3, 0.4) is 0 Å². The highest BCUT2D eigenvalue weighted by atomic mass is 79.9. The van der Waals surface area contributed by atoms with Crippen molar-refractivity contribution >= 4 is 38.4 Å². The largest absolute Gasteiger partial charge is 0.488 e. The van der Waals surface area contributed by atoms with Crippen molar-refractivity contribution in [2.75, 3.05) is 5.32 Å². The van der Waals surface area contributed by atoms with Crippen LogP contribution in [-0.4, -0.2) is 10.5 Å². The molecule has 0 spiro atoms. The van der Waals surface area contributed by atoms with Gasteiger partial charge in [-0.3, -0.25) is 4.79 Å². The lowest BCUT2D eigenvalue weighted by molar-refractivity contribution is -0.116. The average molecular weight is 435 g/mol. The number of aromatic nitrogens is 1. The SMILES string of the molecule is O=C(Cn1ccc2c(OCc3ccccc3)cccc21)Nc1ccc(Br)cc1. The minimum atomic E-state index is -0.0737. The fourth-order valence-electron chi connectivity index (χ4n) is 3.08. The van der Waals surface area contributed by atoms with Crippen LogP contribution in [0.15, 0.2) is 89.5 Å². The molecule has 0 aliphatic carbocycles. The molecule has 28 heavy (non-hydrogen) atoms. The van der Waals surface area contributed by atoms with E-state index >= 15 is 0 Å². The van der Waals surface area contributed by atoms with Gasteiger partial charge >= 0.3 is 0 Å². The van der Waals surface area contributed by atoms with Crippen molar-refractivity contribution in [1.82, 2.24) is 4.57 Å². The van der Waals surface area contributed by atoms with Gasteiger partial charge in [0.25, 0.3) is 0 Å². The summed E-state index contributed by atoms with van der Waals surface area (Å²) in [5.74, 6) is 0.740. The molecule has 3 aromatic carbocycles. The summed E-state index contributed by atoms with van der Waals surface area (Å²) in [6.07, 6.45) is 1.92. The Morgan fingerprint density at radius 3 is 2.50 bits per heavy atom. The normalized spacial score (nSPS) is 10.8. The van der Waals surface area contributed by atoms with Crippen molar-refractivity contribution in [2.24, 2.45) is 0 Å². The lowest BCUT2D eigenvalue weighted by atomic mass is 10.2. The molecular formula is C23H19BrN2O2. The first kappa shape index (κ1) is 18.3. The smallest absolute Gasteiger partial charge is 0.244 e. The van der Waals surface area contributed by atoms with Crippen LogP contribution in [0.1, 0.15) is 5.56 Å². The van der Waals surface area contributed by atoms with Gasteiger partial charge in [-0.1, -0.05) is 52.3 Å². The quantitative estimate of drug-likeness (QED) is 0.427. The third-order valence-corrected chi connectivity index (χ3v) is 4.98. The first-order valence-electron chi connectivity index (χ1n) is 8.99. The van der Waals surface area contributed by atoms with Crippen molar-refractivity contribution < 1.29 is 9.53 Å². The van der Waals surface area contributed by atoms with E-state index in [1.807, 2.05) is 89.6 Å². The first-order chi connectivity index (χ1) is 13.7. The highest BCUT2D eigenvalue weighted by Crippen LogP contribution is 2.27. The Kier molecular flexibility index (Phi) is 5.44. The molecule has 0 aliphatic rings. The van der Waals surface area contributed by atoms with Crippen molar-refractivity contribution in [1.29, 1.82) is 0 Å². The summed E-state index contributed by atoms with van der Waals surface area (Å²) >= 11 is 3.39. The summed E-state index contributed by atoms with van der Waals surface area (Å²) in [6.45, 7) is 0.747. The minimum Gasteiger partial charge on any atom is -0.488 e. The van der Waals surface area contributed by atoms with Gasteiger partial charge in [-0.15, -0.1) is 0 Å². The van der Waals surface area contributed by atoms with Crippen molar-refractivity contribution in [3.05, 3.63) is 95.1 Å². The van der Waals surface area contributed by atoms with Crippen LogP contribution >= 0.6 is 15.9 Å². The van der Waals surface area contributed by atoms with E-state index in [-0.39, 0.29) is 12.5 Å². The van der Waals surface area contributed by atoms with Crippen LogP contribution in [-0.2, 0) is 17.9 Å². The number of nitrogens with one attached hydrogen (secondary N) is 1. The van der Waals surface area contributed by atoms with Gasteiger partial charge in [0, 0.05) is 21.7 Å². The molecule has 0 saturated carbocycles. The predicted octanol–water partition coefficient (Wildman–Crippen LogP) is 5.62. The Bertz CT molecular complexity index is 1090. The molecule has 4 rings (SSSR count). The summed E-state index contributed by atoms with van der Waals surface area (Å²) < 4.78 is 8.92. The van der Waals surface area contributed by atoms with Crippen molar-refractivity contribution in [2.45, 2.75) is 13.2 Å². The molecule has 4 aromatic rings. The average Bonchev–Trinajstić information content (AvgIpc) is 3.12. The third kappa shape index (κ3) is 4.26. The molecule has 0 bridgehead atoms. The van der Waals surface area contributed by atoms with Crippen LogP contribution in [0.2, 0.25) is 0 Å². The van der Waals surface area contributed by atoms with Gasteiger partial charge in [-0.05, 0) is 48.0 Å². The molecule has 1 aromatic heterocycles. The maximum absolute atomic E-state index is 12.4.